The SMILES string of the molecule is COC(=O)N[C@@H](C(=O)N1CCC[C@H]1c1ncc(-c2cc(F)c(N3CCC(c4cnc([C@@H]5CCCN5C(=O)[C@H](NC(=O)OC(C)(C)C)c5ccccc5)[nH]4)CC3)c(F)c2)[nH]1)c1ccccc1. The maximum absolute atomic E-state index is 16.0. The fourth-order valence-corrected chi connectivity index (χ4v) is 9.25. The van der Waals surface area contributed by atoms with E-state index < -0.39 is 47.5 Å². The second kappa shape index (κ2) is 19.1. The molecule has 342 valence electrons. The maximum atomic E-state index is 16.0. The molecule has 0 radical (unpaired) electrons. The summed E-state index contributed by atoms with van der Waals surface area (Å²) in [4.78, 5) is 74.3. The number of hydrogen-bond donors (Lipinski definition) is 4. The third-order valence-electron chi connectivity index (χ3n) is 12.4. The van der Waals surface area contributed by atoms with E-state index in [9.17, 15) is 19.2 Å². The quantitative estimate of drug-likeness (QED) is 0.102. The minimum Gasteiger partial charge on any atom is -0.453 e. The van der Waals surface area contributed by atoms with Gasteiger partial charge in [0.05, 0.1) is 31.1 Å². The van der Waals surface area contributed by atoms with Crippen molar-refractivity contribution in [1.82, 2.24) is 40.4 Å². The van der Waals surface area contributed by atoms with Crippen molar-refractivity contribution >= 4 is 29.7 Å². The summed E-state index contributed by atoms with van der Waals surface area (Å²) >= 11 is 0. The van der Waals surface area contributed by atoms with Crippen molar-refractivity contribution in [2.24, 2.45) is 0 Å². The third kappa shape index (κ3) is 9.98. The minimum atomic E-state index is -0.979. The van der Waals surface area contributed by atoms with Gasteiger partial charge in [-0.3, -0.25) is 9.59 Å². The van der Waals surface area contributed by atoms with Gasteiger partial charge in [0.1, 0.15) is 46.7 Å². The molecule has 0 unspecified atom stereocenters. The number of ether oxygens (including phenoxy) is 2. The van der Waals surface area contributed by atoms with Gasteiger partial charge >= 0.3 is 12.2 Å². The van der Waals surface area contributed by atoms with Crippen molar-refractivity contribution < 1.29 is 37.4 Å². The summed E-state index contributed by atoms with van der Waals surface area (Å²) in [5.41, 5.74) is 2.00. The van der Waals surface area contributed by atoms with Crippen molar-refractivity contribution in [3.05, 3.63) is 125 Å². The molecule has 3 aliphatic rings. The molecule has 2 aromatic heterocycles. The first-order valence-electron chi connectivity index (χ1n) is 22.2. The molecule has 5 heterocycles. The molecule has 4 amide bonds. The molecule has 3 saturated heterocycles. The van der Waals surface area contributed by atoms with Gasteiger partial charge in [-0.05, 0) is 82.6 Å². The van der Waals surface area contributed by atoms with Crippen LogP contribution in [0, 0.1) is 11.6 Å². The van der Waals surface area contributed by atoms with Gasteiger partial charge in [0.25, 0.3) is 11.8 Å². The van der Waals surface area contributed by atoms with Crippen molar-refractivity contribution in [3.63, 3.8) is 0 Å². The average Bonchev–Trinajstić information content (AvgIpc) is 4.14. The number of rotatable bonds is 11. The Morgan fingerprint density at radius 3 is 1.74 bits per heavy atom. The van der Waals surface area contributed by atoms with Crippen molar-refractivity contribution in [1.29, 1.82) is 0 Å². The lowest BCUT2D eigenvalue weighted by Gasteiger charge is -2.33. The Hall–Kier alpha value is -6.78. The predicted octanol–water partition coefficient (Wildman–Crippen LogP) is 8.15. The fourth-order valence-electron chi connectivity index (χ4n) is 9.25. The van der Waals surface area contributed by atoms with Crippen molar-refractivity contribution in [3.8, 4) is 11.3 Å². The van der Waals surface area contributed by atoms with Crippen LogP contribution in [0.2, 0.25) is 0 Å². The highest BCUT2D eigenvalue weighted by atomic mass is 19.1. The zero-order valence-electron chi connectivity index (χ0n) is 37.0. The monoisotopic (exact) mass is 891 g/mol. The van der Waals surface area contributed by atoms with E-state index in [4.69, 9.17) is 14.5 Å². The molecule has 8 rings (SSSR count). The van der Waals surface area contributed by atoms with E-state index in [0.717, 1.165) is 12.1 Å². The standard InChI is InChI=1S/C48H55F2N9O6/c1-48(2,3)65-47(63)56-40(31-15-9-6-10-16-31)45(61)59-22-11-17-37(59)42-51-27-35(53-42)29-19-23-57(24-20-29)41-33(49)25-32(26-34(41)50)36-28-52-43(54-36)38-18-12-21-58(38)44(60)39(55-46(62)64-4)30-13-7-5-8-14-30/h5-10,13-16,25-29,37-40H,11-12,17-24H2,1-4H3,(H,51,53)(H,52,54)(H,55,62)(H,56,63)/t37-,38-,39+,40+/m0/s1. The Balaban J connectivity index is 0.910. The smallest absolute Gasteiger partial charge is 0.408 e. The van der Waals surface area contributed by atoms with Crippen LogP contribution in [0.25, 0.3) is 11.3 Å². The number of likely N-dealkylation sites (tertiary alicyclic amines) is 2. The van der Waals surface area contributed by atoms with Crippen LogP contribution in [0.5, 0.6) is 0 Å². The van der Waals surface area contributed by atoms with E-state index in [-0.39, 0.29) is 35.0 Å². The van der Waals surface area contributed by atoms with E-state index in [2.05, 4.69) is 25.6 Å². The van der Waals surface area contributed by atoms with Crippen LogP contribution in [-0.4, -0.2) is 92.6 Å². The van der Waals surface area contributed by atoms with Gasteiger partial charge in [-0.15, -0.1) is 0 Å². The van der Waals surface area contributed by atoms with Crippen LogP contribution in [0.4, 0.5) is 24.1 Å². The number of methoxy groups -OCH3 is 1. The lowest BCUT2D eigenvalue weighted by atomic mass is 9.93. The summed E-state index contributed by atoms with van der Waals surface area (Å²) in [5.74, 6) is -0.784. The number of piperidine rings is 1. The summed E-state index contributed by atoms with van der Waals surface area (Å²) in [6.45, 7) is 7.06. The number of imidazole rings is 2. The van der Waals surface area contributed by atoms with Gasteiger partial charge in [0, 0.05) is 49.6 Å². The van der Waals surface area contributed by atoms with Crippen molar-refractivity contribution in [2.45, 2.75) is 95.0 Å². The van der Waals surface area contributed by atoms with Crippen LogP contribution < -0.4 is 15.5 Å². The number of halogens is 2. The third-order valence-corrected chi connectivity index (χ3v) is 12.4. The number of benzene rings is 3. The van der Waals surface area contributed by atoms with E-state index in [1.165, 1.54) is 25.4 Å². The fraction of sp³-hybridized carbons (Fsp3) is 0.417. The van der Waals surface area contributed by atoms with Gasteiger partial charge in [-0.2, -0.15) is 0 Å². The summed E-state index contributed by atoms with van der Waals surface area (Å²) in [5, 5.41) is 5.44. The lowest BCUT2D eigenvalue weighted by Crippen LogP contribution is -2.44. The van der Waals surface area contributed by atoms with Gasteiger partial charge in [-0.1, -0.05) is 60.7 Å². The highest BCUT2D eigenvalue weighted by molar-refractivity contribution is 5.88. The molecule has 0 aliphatic carbocycles. The molecule has 65 heavy (non-hydrogen) atoms. The van der Waals surface area contributed by atoms with Crippen LogP contribution in [0.1, 0.15) is 118 Å². The molecule has 0 bridgehead atoms. The van der Waals surface area contributed by atoms with Gasteiger partial charge in [-0.25, -0.2) is 28.3 Å². The molecular weight excluding hydrogens is 837 g/mol. The maximum Gasteiger partial charge on any atom is 0.408 e. The number of aromatic nitrogens is 4. The average molecular weight is 892 g/mol. The number of aromatic amines is 2. The first kappa shape index (κ1) is 44.8. The number of amides is 4. The molecule has 5 aromatic rings. The molecule has 3 aliphatic heterocycles. The predicted molar refractivity (Wildman–Crippen MR) is 237 cm³/mol. The molecule has 4 atom stereocenters. The highest BCUT2D eigenvalue weighted by Gasteiger charge is 2.39. The molecule has 4 N–H and O–H groups in total. The zero-order chi connectivity index (χ0) is 45.8. The Morgan fingerprint density at radius 2 is 1.22 bits per heavy atom. The van der Waals surface area contributed by atoms with Gasteiger partial charge in [0.15, 0.2) is 0 Å². The van der Waals surface area contributed by atoms with Gasteiger partial charge < -0.3 is 44.8 Å². The Bertz CT molecular complexity index is 2460. The molecule has 17 heteroatoms. The van der Waals surface area contributed by atoms with E-state index >= 15 is 8.78 Å². The van der Waals surface area contributed by atoms with E-state index in [1.54, 1.807) is 78.1 Å². The summed E-state index contributed by atoms with van der Waals surface area (Å²) in [6.07, 6.45) is 5.90. The lowest BCUT2D eigenvalue weighted by molar-refractivity contribution is -0.135. The summed E-state index contributed by atoms with van der Waals surface area (Å²) in [7, 11) is 1.24. The molecule has 3 fully saturated rings. The molecule has 0 spiro atoms. The number of anilines is 1. The van der Waals surface area contributed by atoms with Crippen LogP contribution in [0.15, 0.2) is 85.2 Å². The van der Waals surface area contributed by atoms with E-state index in [0.29, 0.717) is 86.8 Å². The molecule has 0 saturated carbocycles. The summed E-state index contributed by atoms with van der Waals surface area (Å²) < 4.78 is 42.2. The number of H-pyrrole nitrogens is 2. The number of nitrogens with zero attached hydrogens (tertiary/aromatic N) is 5. The number of alkyl carbamates (subject to hydrolysis) is 2. The normalized spacial score (nSPS) is 18.9. The zero-order valence-corrected chi connectivity index (χ0v) is 37.0. The Labute approximate surface area is 376 Å². The second-order valence-corrected chi connectivity index (χ2v) is 17.8. The topological polar surface area (TPSA) is 178 Å². The number of carbonyl (C=O) groups is 4. The first-order valence-corrected chi connectivity index (χ1v) is 22.2. The van der Waals surface area contributed by atoms with Crippen LogP contribution >= 0.6 is 0 Å². The molecule has 15 nitrogen and oxygen atoms in total. The molecular formula is C48H55F2N9O6. The van der Waals surface area contributed by atoms with Crippen molar-refractivity contribution in [2.75, 3.05) is 38.2 Å². The molecule has 3 aromatic carbocycles. The number of hydrogen-bond acceptors (Lipinski definition) is 9. The van der Waals surface area contributed by atoms with Crippen LogP contribution in [0.3, 0.4) is 0 Å². The second-order valence-electron chi connectivity index (χ2n) is 17.8. The largest absolute Gasteiger partial charge is 0.453 e. The highest BCUT2D eigenvalue weighted by Crippen LogP contribution is 2.39. The number of carbonyl (C=O) groups excluding carboxylic acids is 4. The summed E-state index contributed by atoms with van der Waals surface area (Å²) in [6, 6.07) is 17.9. The van der Waals surface area contributed by atoms with Crippen LogP contribution in [-0.2, 0) is 19.1 Å². The Kier molecular flexibility index (Phi) is 13.2. The Morgan fingerprint density at radius 1 is 0.708 bits per heavy atom. The van der Waals surface area contributed by atoms with Gasteiger partial charge in [0.2, 0.25) is 0 Å². The minimum absolute atomic E-state index is 0.0546. The van der Waals surface area contributed by atoms with E-state index in [1.807, 2.05) is 24.3 Å². The number of nitrogens with one attached hydrogen (secondary N) is 4. The first-order chi connectivity index (χ1) is 31.3.